The van der Waals surface area contributed by atoms with Crippen LogP contribution in [-0.4, -0.2) is 27.2 Å². The Morgan fingerprint density at radius 2 is 2.06 bits per heavy atom. The molecule has 0 unspecified atom stereocenters. The molecule has 9 heteroatoms. The fraction of sp³-hybridized carbons (Fsp3) is 0.222. The SMILES string of the molecule is COC(=O)CS(=O)(=O)Nc1c(N)cc(Br)cc1Br. The van der Waals surface area contributed by atoms with Gasteiger partial charge in [0.1, 0.15) is 0 Å². The Balaban J connectivity index is 3.01. The molecule has 0 heterocycles. The van der Waals surface area contributed by atoms with Crippen molar-refractivity contribution in [3.63, 3.8) is 0 Å². The van der Waals surface area contributed by atoms with Crippen molar-refractivity contribution in [1.29, 1.82) is 0 Å². The molecule has 0 aliphatic carbocycles. The molecule has 1 aromatic carbocycles. The van der Waals surface area contributed by atoms with E-state index in [0.717, 1.165) is 7.11 Å². The van der Waals surface area contributed by atoms with Gasteiger partial charge in [-0.3, -0.25) is 9.52 Å². The van der Waals surface area contributed by atoms with Crippen molar-refractivity contribution in [2.75, 3.05) is 23.3 Å². The lowest BCUT2D eigenvalue weighted by molar-refractivity contribution is -0.137. The number of ether oxygens (including phenoxy) is 1. The van der Waals surface area contributed by atoms with Crippen LogP contribution < -0.4 is 10.5 Å². The number of rotatable bonds is 4. The number of hydrogen-bond acceptors (Lipinski definition) is 5. The van der Waals surface area contributed by atoms with Gasteiger partial charge >= 0.3 is 5.97 Å². The third-order valence-corrected chi connectivity index (χ3v) is 4.09. The van der Waals surface area contributed by atoms with Gasteiger partial charge in [0.2, 0.25) is 10.0 Å². The highest BCUT2D eigenvalue weighted by atomic mass is 79.9. The lowest BCUT2D eigenvalue weighted by Gasteiger charge is -2.12. The van der Waals surface area contributed by atoms with Crippen molar-refractivity contribution in [2.24, 2.45) is 0 Å². The number of benzene rings is 1. The van der Waals surface area contributed by atoms with E-state index in [9.17, 15) is 13.2 Å². The van der Waals surface area contributed by atoms with Crippen LogP contribution in [0.2, 0.25) is 0 Å². The molecule has 100 valence electrons. The van der Waals surface area contributed by atoms with E-state index < -0.39 is 21.7 Å². The number of nitrogens with two attached hydrogens (primary N) is 1. The summed E-state index contributed by atoms with van der Waals surface area (Å²) in [6.45, 7) is 0. The first-order chi connectivity index (χ1) is 8.25. The number of hydrogen-bond donors (Lipinski definition) is 2. The van der Waals surface area contributed by atoms with Gasteiger partial charge in [0.15, 0.2) is 5.75 Å². The van der Waals surface area contributed by atoms with Gasteiger partial charge in [-0.25, -0.2) is 8.42 Å². The predicted molar refractivity (Wildman–Crippen MR) is 75.7 cm³/mol. The summed E-state index contributed by atoms with van der Waals surface area (Å²) in [5, 5.41) is 0. The molecular weight excluding hydrogens is 392 g/mol. The van der Waals surface area contributed by atoms with Gasteiger partial charge in [-0.15, -0.1) is 0 Å². The Labute approximate surface area is 121 Å². The molecule has 1 rings (SSSR count). The van der Waals surface area contributed by atoms with Crippen molar-refractivity contribution in [3.8, 4) is 0 Å². The molecule has 3 N–H and O–H groups in total. The summed E-state index contributed by atoms with van der Waals surface area (Å²) < 4.78 is 31.0. The summed E-state index contributed by atoms with van der Waals surface area (Å²) in [6.07, 6.45) is 0. The molecule has 0 aromatic heterocycles. The third-order valence-electron chi connectivity index (χ3n) is 1.88. The van der Waals surface area contributed by atoms with Gasteiger partial charge in [0.25, 0.3) is 0 Å². The topological polar surface area (TPSA) is 98.5 Å². The molecule has 0 saturated carbocycles. The average Bonchev–Trinajstić information content (AvgIpc) is 2.22. The zero-order valence-electron chi connectivity index (χ0n) is 9.24. The first-order valence-electron chi connectivity index (χ1n) is 4.57. The molecule has 1 aromatic rings. The molecule has 0 spiro atoms. The summed E-state index contributed by atoms with van der Waals surface area (Å²) >= 11 is 6.40. The minimum Gasteiger partial charge on any atom is -0.468 e. The van der Waals surface area contributed by atoms with Crippen LogP contribution in [-0.2, 0) is 19.6 Å². The zero-order valence-corrected chi connectivity index (χ0v) is 13.2. The first kappa shape index (κ1) is 15.3. The number of anilines is 2. The number of nitrogen functional groups attached to an aromatic ring is 1. The quantitative estimate of drug-likeness (QED) is 0.591. The van der Waals surface area contributed by atoms with Crippen LogP contribution in [0, 0.1) is 0 Å². The lowest BCUT2D eigenvalue weighted by Crippen LogP contribution is -2.24. The Hall–Kier alpha value is -0.800. The van der Waals surface area contributed by atoms with Crippen LogP contribution in [0.3, 0.4) is 0 Å². The minimum absolute atomic E-state index is 0.183. The number of carbonyl (C=O) groups is 1. The fourth-order valence-electron chi connectivity index (χ4n) is 1.11. The summed E-state index contributed by atoms with van der Waals surface area (Å²) in [7, 11) is -2.74. The third kappa shape index (κ3) is 4.14. The standard InChI is InChI=1S/C9H10Br2N2O4S/c1-17-8(14)4-18(15,16)13-9-6(11)2-5(10)3-7(9)12/h2-3,13H,4,12H2,1H3. The van der Waals surface area contributed by atoms with E-state index >= 15 is 0 Å². The zero-order chi connectivity index (χ0) is 13.9. The molecule has 0 amide bonds. The summed E-state index contributed by atoms with van der Waals surface area (Å²) in [4.78, 5) is 10.9. The van der Waals surface area contributed by atoms with E-state index in [1.54, 1.807) is 12.1 Å². The van der Waals surface area contributed by atoms with Gasteiger partial charge in [-0.1, -0.05) is 15.9 Å². The van der Waals surface area contributed by atoms with Crippen LogP contribution in [0.1, 0.15) is 0 Å². The maximum atomic E-state index is 11.7. The molecule has 0 aliphatic rings. The average molecular weight is 402 g/mol. The second-order valence-electron chi connectivity index (χ2n) is 3.29. The first-order valence-corrected chi connectivity index (χ1v) is 7.81. The molecule has 18 heavy (non-hydrogen) atoms. The van der Waals surface area contributed by atoms with Gasteiger partial charge in [0.05, 0.1) is 18.5 Å². The normalized spacial score (nSPS) is 11.1. The van der Waals surface area contributed by atoms with Crippen molar-refractivity contribution in [3.05, 3.63) is 21.1 Å². The van der Waals surface area contributed by atoms with E-state index in [0.29, 0.717) is 8.95 Å². The Morgan fingerprint density at radius 3 is 2.56 bits per heavy atom. The maximum Gasteiger partial charge on any atom is 0.322 e. The second-order valence-corrected chi connectivity index (χ2v) is 6.78. The molecular formula is C9H10Br2N2O4S. The number of halogens is 2. The smallest absolute Gasteiger partial charge is 0.322 e. The van der Waals surface area contributed by atoms with Crippen LogP contribution >= 0.6 is 31.9 Å². The Morgan fingerprint density at radius 1 is 1.44 bits per heavy atom. The molecule has 0 aliphatic heterocycles. The largest absolute Gasteiger partial charge is 0.468 e. The maximum absolute atomic E-state index is 11.7. The molecule has 0 radical (unpaired) electrons. The van der Waals surface area contributed by atoms with E-state index in [1.165, 1.54) is 0 Å². The van der Waals surface area contributed by atoms with E-state index in [4.69, 9.17) is 5.73 Å². The van der Waals surface area contributed by atoms with Gasteiger partial charge in [0, 0.05) is 8.95 Å². The Bertz CT molecular complexity index is 551. The Kier molecular flexibility index (Phi) is 5.00. The van der Waals surface area contributed by atoms with E-state index in [2.05, 4.69) is 41.3 Å². The second kappa shape index (κ2) is 5.89. The van der Waals surface area contributed by atoms with Crippen molar-refractivity contribution < 1.29 is 17.9 Å². The van der Waals surface area contributed by atoms with E-state index in [1.807, 2.05) is 0 Å². The molecule has 0 saturated heterocycles. The highest BCUT2D eigenvalue weighted by molar-refractivity contribution is 9.11. The summed E-state index contributed by atoms with van der Waals surface area (Å²) in [5.41, 5.74) is 6.10. The minimum atomic E-state index is -3.85. The van der Waals surface area contributed by atoms with E-state index in [-0.39, 0.29) is 11.4 Å². The summed E-state index contributed by atoms with van der Waals surface area (Å²) in [6, 6.07) is 3.17. The number of sulfonamides is 1. The number of esters is 1. The number of nitrogens with one attached hydrogen (secondary N) is 1. The van der Waals surface area contributed by atoms with Crippen LogP contribution in [0.25, 0.3) is 0 Å². The predicted octanol–water partition coefficient (Wildman–Crippen LogP) is 1.71. The number of methoxy groups -OCH3 is 1. The fourth-order valence-corrected chi connectivity index (χ4v) is 3.63. The molecule has 0 bridgehead atoms. The van der Waals surface area contributed by atoms with Crippen molar-refractivity contribution in [1.82, 2.24) is 0 Å². The van der Waals surface area contributed by atoms with Crippen LogP contribution in [0.15, 0.2) is 21.1 Å². The highest BCUT2D eigenvalue weighted by Crippen LogP contribution is 2.33. The van der Waals surface area contributed by atoms with Crippen molar-refractivity contribution in [2.45, 2.75) is 0 Å². The number of carbonyl (C=O) groups excluding carboxylic acids is 1. The highest BCUT2D eigenvalue weighted by Gasteiger charge is 2.19. The van der Waals surface area contributed by atoms with Crippen LogP contribution in [0.4, 0.5) is 11.4 Å². The van der Waals surface area contributed by atoms with Gasteiger partial charge in [-0.05, 0) is 28.1 Å². The summed E-state index contributed by atoms with van der Waals surface area (Å²) in [5.74, 6) is -1.62. The monoisotopic (exact) mass is 400 g/mol. The lowest BCUT2D eigenvalue weighted by atomic mass is 10.3. The van der Waals surface area contributed by atoms with Crippen molar-refractivity contribution >= 4 is 59.2 Å². The molecule has 0 atom stereocenters. The van der Waals surface area contributed by atoms with Gasteiger partial charge < -0.3 is 10.5 Å². The van der Waals surface area contributed by atoms with Gasteiger partial charge in [-0.2, -0.15) is 0 Å². The molecule has 6 nitrogen and oxygen atoms in total. The van der Waals surface area contributed by atoms with Crippen LogP contribution in [0.5, 0.6) is 0 Å². The molecule has 0 fully saturated rings.